The van der Waals surface area contributed by atoms with Crippen LogP contribution in [0.1, 0.15) is 11.1 Å². The van der Waals surface area contributed by atoms with Gasteiger partial charge in [0.05, 0.1) is 12.8 Å². The molecular weight excluding hydrogens is 374 g/mol. The first-order valence-electron chi connectivity index (χ1n) is 9.24. The fraction of sp³-hybridized carbons (Fsp3) is 0.286. The minimum absolute atomic E-state index is 0.171. The van der Waals surface area contributed by atoms with E-state index in [1.807, 2.05) is 60.8 Å². The van der Waals surface area contributed by atoms with Crippen LogP contribution in [-0.4, -0.2) is 49.5 Å². The molecule has 0 aliphatic carbocycles. The van der Waals surface area contributed by atoms with Gasteiger partial charge in [-0.2, -0.15) is 4.31 Å². The lowest BCUT2D eigenvalue weighted by Crippen LogP contribution is -2.41. The Labute approximate surface area is 165 Å². The number of aromatic amines is 1. The van der Waals surface area contributed by atoms with Crippen molar-refractivity contribution in [2.45, 2.75) is 12.8 Å². The zero-order valence-electron chi connectivity index (χ0n) is 15.9. The van der Waals surface area contributed by atoms with Crippen molar-refractivity contribution in [3.63, 3.8) is 0 Å². The van der Waals surface area contributed by atoms with Gasteiger partial charge in [0.15, 0.2) is 0 Å². The van der Waals surface area contributed by atoms with E-state index in [1.54, 1.807) is 0 Å². The number of carbonyl (C=O) groups excluding carboxylic acids is 1. The maximum atomic E-state index is 12.2. The molecule has 0 spiro atoms. The zero-order chi connectivity index (χ0) is 20.0. The van der Waals surface area contributed by atoms with Crippen LogP contribution in [0.15, 0.2) is 60.8 Å². The maximum absolute atomic E-state index is 12.2. The summed E-state index contributed by atoms with van der Waals surface area (Å²) in [6.45, 7) is 0.561. The van der Waals surface area contributed by atoms with Gasteiger partial charge in [0.25, 0.3) is 0 Å². The summed E-state index contributed by atoms with van der Waals surface area (Å²) >= 11 is 0. The number of nitrogens with zero attached hydrogens (tertiary/aromatic N) is 1. The standard InChI is InChI=1S/C21H25N3O3S/c1-28(26,27)24(14-12-18-15-23-20-10-6-5-9-19(18)20)16-21(25)22-13-11-17-7-3-2-4-8-17/h2-10,15,23H,11-14,16H2,1H3,(H,22,25). The topological polar surface area (TPSA) is 82.3 Å². The van der Waals surface area contributed by atoms with Gasteiger partial charge in [-0.05, 0) is 30.0 Å². The monoisotopic (exact) mass is 399 g/mol. The number of carbonyl (C=O) groups is 1. The van der Waals surface area contributed by atoms with Crippen LogP contribution in [0.5, 0.6) is 0 Å². The highest BCUT2D eigenvalue weighted by Gasteiger charge is 2.20. The van der Waals surface area contributed by atoms with Crippen molar-refractivity contribution in [1.29, 1.82) is 0 Å². The number of H-pyrrole nitrogens is 1. The average Bonchev–Trinajstić information content (AvgIpc) is 3.08. The normalized spacial score (nSPS) is 11.8. The Kier molecular flexibility index (Phi) is 6.49. The van der Waals surface area contributed by atoms with E-state index in [2.05, 4.69) is 10.3 Å². The minimum Gasteiger partial charge on any atom is -0.361 e. The summed E-state index contributed by atoms with van der Waals surface area (Å²) in [5.74, 6) is -0.291. The third kappa shape index (κ3) is 5.43. The van der Waals surface area contributed by atoms with Crippen molar-refractivity contribution >= 4 is 26.8 Å². The second kappa shape index (κ2) is 9.03. The van der Waals surface area contributed by atoms with Crippen LogP contribution in [0.2, 0.25) is 0 Å². The first kappa shape index (κ1) is 20.1. The summed E-state index contributed by atoms with van der Waals surface area (Å²) in [6, 6.07) is 17.7. The van der Waals surface area contributed by atoms with Gasteiger partial charge in [-0.15, -0.1) is 0 Å². The van der Waals surface area contributed by atoms with Gasteiger partial charge in [0.1, 0.15) is 0 Å². The number of sulfonamides is 1. The first-order valence-corrected chi connectivity index (χ1v) is 11.1. The molecular formula is C21H25N3O3S. The van der Waals surface area contributed by atoms with E-state index >= 15 is 0 Å². The Balaban J connectivity index is 1.55. The van der Waals surface area contributed by atoms with Crippen LogP contribution in [0.25, 0.3) is 10.9 Å². The van der Waals surface area contributed by atoms with Gasteiger partial charge in [-0.3, -0.25) is 4.79 Å². The van der Waals surface area contributed by atoms with Crippen LogP contribution >= 0.6 is 0 Å². The molecule has 0 unspecified atom stereocenters. The van der Waals surface area contributed by atoms with Gasteiger partial charge in [-0.25, -0.2) is 8.42 Å². The number of para-hydroxylation sites is 1. The Morgan fingerprint density at radius 3 is 2.50 bits per heavy atom. The molecule has 0 aliphatic heterocycles. The number of amides is 1. The van der Waals surface area contributed by atoms with Crippen molar-refractivity contribution in [2.75, 3.05) is 25.9 Å². The van der Waals surface area contributed by atoms with Crippen molar-refractivity contribution in [3.05, 3.63) is 71.9 Å². The lowest BCUT2D eigenvalue weighted by molar-refractivity contribution is -0.121. The number of fused-ring (bicyclic) bond motifs is 1. The van der Waals surface area contributed by atoms with E-state index in [-0.39, 0.29) is 19.0 Å². The molecule has 7 heteroatoms. The number of benzene rings is 2. The SMILES string of the molecule is CS(=O)(=O)N(CCc1c[nH]c2ccccc12)CC(=O)NCCc1ccccc1. The Morgan fingerprint density at radius 2 is 1.75 bits per heavy atom. The molecule has 0 atom stereocenters. The van der Waals surface area contributed by atoms with E-state index < -0.39 is 10.0 Å². The molecule has 0 radical (unpaired) electrons. The van der Waals surface area contributed by atoms with Gasteiger partial charge in [-0.1, -0.05) is 48.5 Å². The van der Waals surface area contributed by atoms with Crippen molar-refractivity contribution in [2.24, 2.45) is 0 Å². The van der Waals surface area contributed by atoms with E-state index in [0.717, 1.165) is 28.3 Å². The molecule has 3 aromatic rings. The van der Waals surface area contributed by atoms with Crippen LogP contribution in [-0.2, 0) is 27.7 Å². The van der Waals surface area contributed by atoms with Gasteiger partial charge < -0.3 is 10.3 Å². The molecule has 1 amide bonds. The van der Waals surface area contributed by atoms with Gasteiger partial charge in [0.2, 0.25) is 15.9 Å². The molecule has 1 aromatic heterocycles. The minimum atomic E-state index is -3.48. The molecule has 148 valence electrons. The van der Waals surface area contributed by atoms with E-state index in [9.17, 15) is 13.2 Å². The van der Waals surface area contributed by atoms with Crippen LogP contribution < -0.4 is 5.32 Å². The smallest absolute Gasteiger partial charge is 0.235 e. The summed E-state index contributed by atoms with van der Waals surface area (Å²) in [5, 5.41) is 3.88. The number of aromatic nitrogens is 1. The van der Waals surface area contributed by atoms with Crippen molar-refractivity contribution < 1.29 is 13.2 Å². The predicted molar refractivity (Wildman–Crippen MR) is 112 cm³/mol. The number of rotatable bonds is 9. The zero-order valence-corrected chi connectivity index (χ0v) is 16.7. The van der Waals surface area contributed by atoms with E-state index in [1.165, 1.54) is 4.31 Å². The Hall–Kier alpha value is -2.64. The predicted octanol–water partition coefficient (Wildman–Crippen LogP) is 2.33. The van der Waals surface area contributed by atoms with Crippen LogP contribution in [0, 0.1) is 0 Å². The highest BCUT2D eigenvalue weighted by atomic mass is 32.2. The fourth-order valence-corrected chi connectivity index (χ4v) is 3.93. The Bertz CT molecular complexity index is 1030. The van der Waals surface area contributed by atoms with Crippen LogP contribution in [0.4, 0.5) is 0 Å². The Morgan fingerprint density at radius 1 is 1.04 bits per heavy atom. The van der Waals surface area contributed by atoms with E-state index in [4.69, 9.17) is 0 Å². The lowest BCUT2D eigenvalue weighted by Gasteiger charge is -2.19. The molecule has 28 heavy (non-hydrogen) atoms. The molecule has 0 bridgehead atoms. The number of hydrogen-bond donors (Lipinski definition) is 2. The number of nitrogens with one attached hydrogen (secondary N) is 2. The van der Waals surface area contributed by atoms with Gasteiger partial charge >= 0.3 is 0 Å². The van der Waals surface area contributed by atoms with E-state index in [0.29, 0.717) is 19.4 Å². The molecule has 2 N–H and O–H groups in total. The summed E-state index contributed by atoms with van der Waals surface area (Å²) in [7, 11) is -3.48. The average molecular weight is 400 g/mol. The molecule has 0 saturated heterocycles. The fourth-order valence-electron chi connectivity index (χ4n) is 3.15. The summed E-state index contributed by atoms with van der Waals surface area (Å²) in [6.07, 6.45) is 4.28. The summed E-state index contributed by atoms with van der Waals surface area (Å²) < 4.78 is 25.5. The first-order chi connectivity index (χ1) is 13.4. The molecule has 2 aromatic carbocycles. The molecule has 1 heterocycles. The third-order valence-electron chi connectivity index (χ3n) is 4.67. The largest absolute Gasteiger partial charge is 0.361 e. The highest BCUT2D eigenvalue weighted by molar-refractivity contribution is 7.88. The molecule has 0 aliphatic rings. The second-order valence-electron chi connectivity index (χ2n) is 6.79. The maximum Gasteiger partial charge on any atom is 0.235 e. The quantitative estimate of drug-likeness (QED) is 0.579. The summed E-state index contributed by atoms with van der Waals surface area (Å²) in [4.78, 5) is 15.4. The molecule has 0 saturated carbocycles. The van der Waals surface area contributed by atoms with Gasteiger partial charge in [0, 0.05) is 30.2 Å². The molecule has 0 fully saturated rings. The van der Waals surface area contributed by atoms with Crippen molar-refractivity contribution in [3.8, 4) is 0 Å². The molecule has 3 rings (SSSR count). The van der Waals surface area contributed by atoms with Crippen LogP contribution in [0.3, 0.4) is 0 Å². The second-order valence-corrected chi connectivity index (χ2v) is 8.77. The highest BCUT2D eigenvalue weighted by Crippen LogP contribution is 2.18. The third-order valence-corrected chi connectivity index (χ3v) is 5.92. The lowest BCUT2D eigenvalue weighted by atomic mass is 10.1. The summed E-state index contributed by atoms with van der Waals surface area (Å²) in [5.41, 5.74) is 3.18. The van der Waals surface area contributed by atoms with Crippen molar-refractivity contribution in [1.82, 2.24) is 14.6 Å². The number of hydrogen-bond acceptors (Lipinski definition) is 3. The molecule has 6 nitrogen and oxygen atoms in total.